The Kier molecular flexibility index (Phi) is 4.76. The lowest BCUT2D eigenvalue weighted by Crippen LogP contribution is -2.44. The van der Waals surface area contributed by atoms with Crippen LogP contribution in [0.5, 0.6) is 0 Å². The lowest BCUT2D eigenvalue weighted by molar-refractivity contribution is -0.125. The zero-order valence-electron chi connectivity index (χ0n) is 10.4. The lowest BCUT2D eigenvalue weighted by atomic mass is 10.0. The Labute approximate surface area is 102 Å². The van der Waals surface area contributed by atoms with E-state index in [4.69, 9.17) is 9.47 Å². The van der Waals surface area contributed by atoms with Crippen LogP contribution in [-0.2, 0) is 14.3 Å². The number of rotatable bonds is 4. The maximum absolute atomic E-state index is 12.0. The maximum Gasteiger partial charge on any atom is 0.227 e. The predicted octanol–water partition coefficient (Wildman–Crippen LogP) is -0.236. The van der Waals surface area contributed by atoms with Crippen LogP contribution in [-0.4, -0.2) is 52.0 Å². The van der Waals surface area contributed by atoms with Gasteiger partial charge in [-0.05, 0) is 25.8 Å². The average molecular weight is 242 g/mol. The molecule has 5 nitrogen and oxygen atoms in total. The first kappa shape index (κ1) is 12.8. The quantitative estimate of drug-likeness (QED) is 0.714. The molecule has 3 unspecified atom stereocenters. The molecule has 0 aromatic carbocycles. The van der Waals surface area contributed by atoms with Crippen molar-refractivity contribution < 1.29 is 14.3 Å². The lowest BCUT2D eigenvalue weighted by Gasteiger charge is -2.23. The van der Waals surface area contributed by atoms with E-state index in [2.05, 4.69) is 10.6 Å². The van der Waals surface area contributed by atoms with Crippen molar-refractivity contribution in [3.8, 4) is 0 Å². The van der Waals surface area contributed by atoms with Crippen molar-refractivity contribution in [2.75, 3.05) is 40.0 Å². The van der Waals surface area contributed by atoms with E-state index in [1.165, 1.54) is 0 Å². The van der Waals surface area contributed by atoms with Gasteiger partial charge in [-0.15, -0.1) is 0 Å². The highest BCUT2D eigenvalue weighted by molar-refractivity contribution is 5.79. The van der Waals surface area contributed by atoms with Crippen LogP contribution in [0.15, 0.2) is 0 Å². The maximum atomic E-state index is 12.0. The average Bonchev–Trinajstić information content (AvgIpc) is 2.85. The fraction of sp³-hybridized carbons (Fsp3) is 0.917. The highest BCUT2D eigenvalue weighted by atomic mass is 16.5. The first-order chi connectivity index (χ1) is 8.31. The molecule has 0 aromatic rings. The highest BCUT2D eigenvalue weighted by Gasteiger charge is 2.33. The SMILES string of the molecule is CNC1COCC1C(=O)NCC1CCCOC1. The number of nitrogens with one attached hydrogen (secondary N) is 2. The summed E-state index contributed by atoms with van der Waals surface area (Å²) >= 11 is 0. The molecule has 2 aliphatic rings. The molecule has 0 radical (unpaired) electrons. The van der Waals surface area contributed by atoms with Gasteiger partial charge in [-0.25, -0.2) is 0 Å². The molecule has 2 rings (SSSR count). The van der Waals surface area contributed by atoms with E-state index in [1.54, 1.807) is 0 Å². The molecule has 0 saturated carbocycles. The van der Waals surface area contributed by atoms with E-state index in [0.717, 1.165) is 32.6 Å². The van der Waals surface area contributed by atoms with Gasteiger partial charge >= 0.3 is 0 Å². The minimum Gasteiger partial charge on any atom is -0.381 e. The van der Waals surface area contributed by atoms with E-state index in [0.29, 0.717) is 19.1 Å². The summed E-state index contributed by atoms with van der Waals surface area (Å²) in [5.74, 6) is 0.528. The summed E-state index contributed by atoms with van der Waals surface area (Å²) in [5, 5.41) is 6.14. The Morgan fingerprint density at radius 1 is 1.29 bits per heavy atom. The molecule has 2 N–H and O–H groups in total. The minimum absolute atomic E-state index is 0.0514. The second-order valence-electron chi connectivity index (χ2n) is 4.87. The molecule has 0 bridgehead atoms. The largest absolute Gasteiger partial charge is 0.381 e. The second kappa shape index (κ2) is 6.33. The van der Waals surface area contributed by atoms with Crippen LogP contribution in [0, 0.1) is 11.8 Å². The van der Waals surface area contributed by atoms with Gasteiger partial charge < -0.3 is 20.1 Å². The molecule has 2 fully saturated rings. The van der Waals surface area contributed by atoms with Crippen LogP contribution >= 0.6 is 0 Å². The van der Waals surface area contributed by atoms with Gasteiger partial charge in [-0.1, -0.05) is 0 Å². The van der Waals surface area contributed by atoms with Gasteiger partial charge in [0.25, 0.3) is 0 Å². The predicted molar refractivity (Wildman–Crippen MR) is 63.7 cm³/mol. The van der Waals surface area contributed by atoms with E-state index < -0.39 is 0 Å². The molecule has 5 heteroatoms. The van der Waals surface area contributed by atoms with Crippen molar-refractivity contribution in [2.45, 2.75) is 18.9 Å². The fourth-order valence-electron chi connectivity index (χ4n) is 2.44. The summed E-state index contributed by atoms with van der Waals surface area (Å²) in [6, 6.07) is 0.151. The molecule has 0 aliphatic carbocycles. The van der Waals surface area contributed by atoms with Crippen molar-refractivity contribution in [2.24, 2.45) is 11.8 Å². The zero-order chi connectivity index (χ0) is 12.1. The normalized spacial score (nSPS) is 33.6. The third-order valence-electron chi connectivity index (χ3n) is 3.61. The Morgan fingerprint density at radius 2 is 2.18 bits per heavy atom. The number of hydrogen-bond donors (Lipinski definition) is 2. The number of carbonyl (C=O) groups is 1. The topological polar surface area (TPSA) is 59.6 Å². The monoisotopic (exact) mass is 242 g/mol. The van der Waals surface area contributed by atoms with Crippen molar-refractivity contribution in [1.82, 2.24) is 10.6 Å². The first-order valence-corrected chi connectivity index (χ1v) is 6.41. The standard InChI is InChI=1S/C12H22N2O3/c1-13-11-8-17-7-10(11)12(15)14-5-9-3-2-4-16-6-9/h9-11,13H,2-8H2,1H3,(H,14,15). The van der Waals surface area contributed by atoms with Crippen molar-refractivity contribution in [1.29, 1.82) is 0 Å². The van der Waals surface area contributed by atoms with Crippen molar-refractivity contribution in [3.63, 3.8) is 0 Å². The molecular weight excluding hydrogens is 220 g/mol. The van der Waals surface area contributed by atoms with Gasteiger partial charge in [0.05, 0.1) is 25.7 Å². The zero-order valence-corrected chi connectivity index (χ0v) is 10.4. The smallest absolute Gasteiger partial charge is 0.227 e. The third kappa shape index (κ3) is 3.40. The number of amides is 1. The molecule has 2 saturated heterocycles. The van der Waals surface area contributed by atoms with Crippen LogP contribution in [0.3, 0.4) is 0 Å². The summed E-state index contributed by atoms with van der Waals surface area (Å²) in [5.41, 5.74) is 0. The molecule has 0 aromatic heterocycles. The van der Waals surface area contributed by atoms with Crippen LogP contribution in [0.25, 0.3) is 0 Å². The molecule has 17 heavy (non-hydrogen) atoms. The number of likely N-dealkylation sites (N-methyl/N-ethyl adjacent to an activating group) is 1. The minimum atomic E-state index is -0.0514. The molecule has 2 aliphatic heterocycles. The Morgan fingerprint density at radius 3 is 2.88 bits per heavy atom. The summed E-state index contributed by atoms with van der Waals surface area (Å²) in [4.78, 5) is 12.0. The van der Waals surface area contributed by atoms with Crippen molar-refractivity contribution >= 4 is 5.91 Å². The van der Waals surface area contributed by atoms with Gasteiger partial charge in [0.2, 0.25) is 5.91 Å². The van der Waals surface area contributed by atoms with E-state index in [9.17, 15) is 4.79 Å². The number of ether oxygens (including phenoxy) is 2. The summed E-state index contributed by atoms with van der Waals surface area (Å²) in [7, 11) is 1.87. The summed E-state index contributed by atoms with van der Waals surface area (Å²) < 4.78 is 10.7. The van der Waals surface area contributed by atoms with Crippen LogP contribution < -0.4 is 10.6 Å². The Bertz CT molecular complexity index is 254. The van der Waals surface area contributed by atoms with Crippen LogP contribution in [0.2, 0.25) is 0 Å². The number of carbonyl (C=O) groups excluding carboxylic acids is 1. The molecule has 98 valence electrons. The van der Waals surface area contributed by atoms with Crippen LogP contribution in [0.4, 0.5) is 0 Å². The highest BCUT2D eigenvalue weighted by Crippen LogP contribution is 2.15. The molecule has 1 amide bonds. The van der Waals surface area contributed by atoms with E-state index >= 15 is 0 Å². The summed E-state index contributed by atoms with van der Waals surface area (Å²) in [6.45, 7) is 3.52. The van der Waals surface area contributed by atoms with Crippen molar-refractivity contribution in [3.05, 3.63) is 0 Å². The van der Waals surface area contributed by atoms with Crippen LogP contribution in [0.1, 0.15) is 12.8 Å². The molecule has 0 spiro atoms. The summed E-state index contributed by atoms with van der Waals surface area (Å²) in [6.07, 6.45) is 2.25. The molecule has 3 atom stereocenters. The van der Waals surface area contributed by atoms with Gasteiger partial charge in [-0.2, -0.15) is 0 Å². The van der Waals surface area contributed by atoms with Gasteiger partial charge in [0.1, 0.15) is 0 Å². The molecular formula is C12H22N2O3. The van der Waals surface area contributed by atoms with E-state index in [1.807, 2.05) is 7.05 Å². The van der Waals surface area contributed by atoms with Gasteiger partial charge in [0, 0.05) is 19.2 Å². The molecule has 2 heterocycles. The van der Waals surface area contributed by atoms with Gasteiger partial charge in [-0.3, -0.25) is 4.79 Å². The fourth-order valence-corrected chi connectivity index (χ4v) is 2.44. The van der Waals surface area contributed by atoms with E-state index in [-0.39, 0.29) is 17.9 Å². The second-order valence-corrected chi connectivity index (χ2v) is 4.87. The van der Waals surface area contributed by atoms with Gasteiger partial charge in [0.15, 0.2) is 0 Å². The Hall–Kier alpha value is -0.650. The number of hydrogen-bond acceptors (Lipinski definition) is 4. The Balaban J connectivity index is 1.72. The first-order valence-electron chi connectivity index (χ1n) is 6.41. The third-order valence-corrected chi connectivity index (χ3v) is 3.61.